The number of nitrogens with zero attached hydrogens (tertiary/aromatic N) is 1. The van der Waals surface area contributed by atoms with Gasteiger partial charge >= 0.3 is 0 Å². The molecule has 1 aromatic heterocycles. The van der Waals surface area contributed by atoms with Crippen LogP contribution in [-0.2, 0) is 0 Å². The Balaban J connectivity index is 1.84. The van der Waals surface area contributed by atoms with Crippen molar-refractivity contribution in [2.75, 3.05) is 5.32 Å². The molecule has 2 nitrogen and oxygen atoms in total. The summed E-state index contributed by atoms with van der Waals surface area (Å²) in [5, 5.41) is 5.05. The molecule has 0 radical (unpaired) electrons. The largest absolute Gasteiger partial charge is 0.378 e. The van der Waals surface area contributed by atoms with Gasteiger partial charge in [-0.2, -0.15) is 0 Å². The molecule has 1 N–H and O–H groups in total. The number of hydrogen-bond acceptors (Lipinski definition) is 2. The van der Waals surface area contributed by atoms with E-state index in [9.17, 15) is 0 Å². The van der Waals surface area contributed by atoms with E-state index in [0.717, 1.165) is 17.1 Å². The average Bonchev–Trinajstić information content (AvgIpc) is 2.95. The maximum absolute atomic E-state index is 6.44. The van der Waals surface area contributed by atoms with Crippen LogP contribution in [0, 0.1) is 5.92 Å². The summed E-state index contributed by atoms with van der Waals surface area (Å²) >= 11 is 12.6. The van der Waals surface area contributed by atoms with Gasteiger partial charge in [-0.05, 0) is 42.2 Å². The Morgan fingerprint density at radius 2 is 1.95 bits per heavy atom. The van der Waals surface area contributed by atoms with Crippen LogP contribution in [0.3, 0.4) is 0 Å². The number of halogens is 2. The maximum atomic E-state index is 6.44. The molecule has 0 unspecified atom stereocenters. The van der Waals surface area contributed by atoms with Gasteiger partial charge in [0.15, 0.2) is 0 Å². The SMILES string of the molecule is Clc1cc(Cl)c2c(c1)N[C@H](c1ccncc1)[C@@H]1CC=C[C@@H]21. The highest BCUT2D eigenvalue weighted by Gasteiger charge is 2.39. The number of allylic oxidation sites excluding steroid dienone is 2. The van der Waals surface area contributed by atoms with Gasteiger partial charge in [0.1, 0.15) is 0 Å². The van der Waals surface area contributed by atoms with Gasteiger partial charge in [-0.3, -0.25) is 4.98 Å². The Kier molecular flexibility index (Phi) is 3.16. The molecule has 0 amide bonds. The standard InChI is InChI=1S/C17H14Cl2N2/c18-11-8-14(19)16-12-2-1-3-13(12)17(21-15(16)9-11)10-4-6-20-7-5-10/h1-2,4-9,12-13,17,21H,3H2/t12-,13-,17-/m1/s1. The minimum absolute atomic E-state index is 0.259. The third-order valence-corrected chi connectivity index (χ3v) is 4.98. The minimum atomic E-state index is 0.259. The molecule has 0 saturated heterocycles. The van der Waals surface area contributed by atoms with Crippen molar-refractivity contribution >= 4 is 28.9 Å². The first-order chi connectivity index (χ1) is 10.2. The number of pyridine rings is 1. The Hall–Kier alpha value is -1.51. The van der Waals surface area contributed by atoms with Crippen molar-refractivity contribution in [2.24, 2.45) is 5.92 Å². The van der Waals surface area contributed by atoms with Crippen LogP contribution in [0.2, 0.25) is 10.0 Å². The number of anilines is 1. The first-order valence-corrected chi connectivity index (χ1v) is 7.81. The van der Waals surface area contributed by atoms with E-state index in [1.54, 1.807) is 0 Å². The summed E-state index contributed by atoms with van der Waals surface area (Å²) in [6.07, 6.45) is 9.27. The molecule has 1 aromatic carbocycles. The monoisotopic (exact) mass is 316 g/mol. The Labute approximate surface area is 133 Å². The lowest BCUT2D eigenvalue weighted by Gasteiger charge is -2.38. The van der Waals surface area contributed by atoms with Gasteiger partial charge in [0.2, 0.25) is 0 Å². The molecule has 106 valence electrons. The Morgan fingerprint density at radius 3 is 2.76 bits per heavy atom. The molecule has 3 atom stereocenters. The number of benzene rings is 1. The average molecular weight is 317 g/mol. The van der Waals surface area contributed by atoms with Crippen LogP contribution < -0.4 is 5.32 Å². The van der Waals surface area contributed by atoms with Crippen LogP contribution in [0.1, 0.15) is 29.5 Å². The fraction of sp³-hybridized carbons (Fsp3) is 0.235. The van der Waals surface area contributed by atoms with Gasteiger partial charge in [0.25, 0.3) is 0 Å². The van der Waals surface area contributed by atoms with Gasteiger partial charge in [-0.1, -0.05) is 35.4 Å². The van der Waals surface area contributed by atoms with E-state index in [1.165, 1.54) is 11.1 Å². The smallest absolute Gasteiger partial charge is 0.0555 e. The van der Waals surface area contributed by atoms with Crippen molar-refractivity contribution in [3.63, 3.8) is 0 Å². The highest BCUT2D eigenvalue weighted by atomic mass is 35.5. The van der Waals surface area contributed by atoms with Gasteiger partial charge in [-0.15, -0.1) is 0 Å². The quantitative estimate of drug-likeness (QED) is 0.730. The van der Waals surface area contributed by atoms with E-state index in [-0.39, 0.29) is 6.04 Å². The van der Waals surface area contributed by atoms with Gasteiger partial charge in [0, 0.05) is 39.6 Å². The van der Waals surface area contributed by atoms with Crippen LogP contribution in [-0.4, -0.2) is 4.98 Å². The summed E-state index contributed by atoms with van der Waals surface area (Å²) in [4.78, 5) is 4.11. The first-order valence-electron chi connectivity index (χ1n) is 7.06. The molecule has 0 spiro atoms. The van der Waals surface area contributed by atoms with Crippen LogP contribution >= 0.6 is 23.2 Å². The summed E-state index contributed by atoms with van der Waals surface area (Å²) in [6, 6.07) is 8.21. The normalized spacial score (nSPS) is 26.1. The molecular weight excluding hydrogens is 303 g/mol. The fourth-order valence-electron chi connectivity index (χ4n) is 3.54. The van der Waals surface area contributed by atoms with E-state index >= 15 is 0 Å². The minimum Gasteiger partial charge on any atom is -0.378 e. The number of aromatic nitrogens is 1. The summed E-state index contributed by atoms with van der Waals surface area (Å²) in [6.45, 7) is 0. The van der Waals surface area contributed by atoms with E-state index in [2.05, 4.69) is 34.6 Å². The highest BCUT2D eigenvalue weighted by molar-refractivity contribution is 6.35. The zero-order valence-corrected chi connectivity index (χ0v) is 12.8. The van der Waals surface area contributed by atoms with Gasteiger partial charge in [0.05, 0.1) is 6.04 Å². The third kappa shape index (κ3) is 2.14. The predicted molar refractivity (Wildman–Crippen MR) is 87.1 cm³/mol. The predicted octanol–water partition coefficient (Wildman–Crippen LogP) is 5.21. The van der Waals surface area contributed by atoms with Crippen LogP contribution in [0.15, 0.2) is 48.8 Å². The second-order valence-electron chi connectivity index (χ2n) is 5.60. The second kappa shape index (κ2) is 5.04. The van der Waals surface area contributed by atoms with E-state index in [1.807, 2.05) is 24.5 Å². The molecule has 21 heavy (non-hydrogen) atoms. The molecule has 2 aromatic rings. The molecule has 1 aliphatic carbocycles. The molecule has 0 fully saturated rings. The maximum Gasteiger partial charge on any atom is 0.0555 e. The number of hydrogen-bond donors (Lipinski definition) is 1. The summed E-state index contributed by atoms with van der Waals surface area (Å²) in [5.41, 5.74) is 3.47. The summed E-state index contributed by atoms with van der Waals surface area (Å²) in [7, 11) is 0. The van der Waals surface area contributed by atoms with Crippen molar-refractivity contribution in [3.8, 4) is 0 Å². The molecule has 2 aliphatic rings. The second-order valence-corrected chi connectivity index (χ2v) is 6.45. The van der Waals surface area contributed by atoms with Crippen molar-refractivity contribution < 1.29 is 0 Å². The zero-order valence-electron chi connectivity index (χ0n) is 11.3. The van der Waals surface area contributed by atoms with Crippen LogP contribution in [0.4, 0.5) is 5.69 Å². The zero-order chi connectivity index (χ0) is 14.4. The Bertz CT molecular complexity index is 712. The number of nitrogens with one attached hydrogen (secondary N) is 1. The lowest BCUT2D eigenvalue weighted by molar-refractivity contribution is 0.425. The number of fused-ring (bicyclic) bond motifs is 3. The van der Waals surface area contributed by atoms with Crippen molar-refractivity contribution in [1.82, 2.24) is 4.98 Å². The van der Waals surface area contributed by atoms with Crippen LogP contribution in [0.25, 0.3) is 0 Å². The molecule has 4 rings (SSSR count). The highest BCUT2D eigenvalue weighted by Crippen LogP contribution is 2.52. The van der Waals surface area contributed by atoms with Crippen molar-refractivity contribution in [3.05, 3.63) is 70.0 Å². The molecule has 4 heteroatoms. The first kappa shape index (κ1) is 13.2. The number of rotatable bonds is 1. The van der Waals surface area contributed by atoms with E-state index in [4.69, 9.17) is 23.2 Å². The van der Waals surface area contributed by atoms with Gasteiger partial charge in [-0.25, -0.2) is 0 Å². The molecule has 1 aliphatic heterocycles. The fourth-order valence-corrected chi connectivity index (χ4v) is 4.16. The van der Waals surface area contributed by atoms with E-state index < -0.39 is 0 Å². The van der Waals surface area contributed by atoms with Crippen molar-refractivity contribution in [2.45, 2.75) is 18.4 Å². The molecule has 0 bridgehead atoms. The summed E-state index contributed by atoms with van der Waals surface area (Å²) in [5.74, 6) is 0.836. The lowest BCUT2D eigenvalue weighted by Crippen LogP contribution is -2.29. The molecular formula is C17H14Cl2N2. The topological polar surface area (TPSA) is 24.9 Å². The Morgan fingerprint density at radius 1 is 1.14 bits per heavy atom. The van der Waals surface area contributed by atoms with E-state index in [0.29, 0.717) is 16.9 Å². The lowest BCUT2D eigenvalue weighted by atomic mass is 9.77. The van der Waals surface area contributed by atoms with Crippen LogP contribution in [0.5, 0.6) is 0 Å². The van der Waals surface area contributed by atoms with Crippen molar-refractivity contribution in [1.29, 1.82) is 0 Å². The molecule has 2 heterocycles. The summed E-state index contributed by atoms with van der Waals surface area (Å²) < 4.78 is 0. The van der Waals surface area contributed by atoms with Gasteiger partial charge < -0.3 is 5.32 Å². The third-order valence-electron chi connectivity index (χ3n) is 4.44. The molecule has 0 saturated carbocycles.